The Bertz CT molecular complexity index is 261. The molecule has 0 amide bonds. The number of esters is 1. The van der Waals surface area contributed by atoms with Gasteiger partial charge in [-0.05, 0) is 33.6 Å². The molecule has 0 bridgehead atoms. The zero-order valence-corrected chi connectivity index (χ0v) is 10.1. The molecule has 0 aromatic carbocycles. The summed E-state index contributed by atoms with van der Waals surface area (Å²) in [5.74, 6) is -0.198. The summed E-state index contributed by atoms with van der Waals surface area (Å²) in [6.45, 7) is 6.39. The van der Waals surface area contributed by atoms with Gasteiger partial charge in [0.2, 0.25) is 0 Å². The number of halogens is 1. The zero-order chi connectivity index (χ0) is 11.5. The van der Waals surface area contributed by atoms with Crippen LogP contribution in [0.1, 0.15) is 33.6 Å². The van der Waals surface area contributed by atoms with E-state index in [1.54, 1.807) is 0 Å². The van der Waals surface area contributed by atoms with Crippen LogP contribution in [0, 0.1) is 0 Å². The quantitative estimate of drug-likeness (QED) is 0.415. The fourth-order valence-corrected chi connectivity index (χ4v) is 1.72. The Balaban J connectivity index is 2.59. The van der Waals surface area contributed by atoms with Crippen LogP contribution >= 0.6 is 11.8 Å². The van der Waals surface area contributed by atoms with Crippen LogP contribution < -0.4 is 0 Å². The van der Waals surface area contributed by atoms with E-state index < -0.39 is 5.60 Å². The van der Waals surface area contributed by atoms with Crippen molar-refractivity contribution in [2.45, 2.75) is 45.3 Å². The van der Waals surface area contributed by atoms with E-state index in [2.05, 4.69) is 4.51 Å². The summed E-state index contributed by atoms with van der Waals surface area (Å²) in [6.07, 6.45) is 3.26. The van der Waals surface area contributed by atoms with Crippen LogP contribution in [-0.4, -0.2) is 35.4 Å². The number of hydrogen-bond acceptors (Lipinski definition) is 3. The van der Waals surface area contributed by atoms with Gasteiger partial charge in [-0.1, -0.05) is 0 Å². The van der Waals surface area contributed by atoms with Crippen molar-refractivity contribution < 1.29 is 9.53 Å². The van der Waals surface area contributed by atoms with Crippen LogP contribution in [0.25, 0.3) is 0 Å². The number of nitrogens with zero attached hydrogens (tertiary/aromatic N) is 2. The summed E-state index contributed by atoms with van der Waals surface area (Å²) in [6, 6.07) is -0.230. The van der Waals surface area contributed by atoms with Crippen LogP contribution in [0.4, 0.5) is 0 Å². The average Bonchev–Trinajstić information content (AvgIpc) is 2.49. The number of carbonyl (C=O) groups excluding carboxylic acids is 1. The van der Waals surface area contributed by atoms with Crippen molar-refractivity contribution in [3.63, 3.8) is 0 Å². The van der Waals surface area contributed by atoms with Crippen molar-refractivity contribution in [2.75, 3.05) is 6.54 Å². The minimum Gasteiger partial charge on any atom is -0.458 e. The monoisotopic (exact) mass is 232 g/mol. The third-order valence-corrected chi connectivity index (χ3v) is 2.25. The smallest absolute Gasteiger partial charge is 0.329 e. The van der Waals surface area contributed by atoms with Gasteiger partial charge in [0.05, 0.1) is 0 Å². The Labute approximate surface area is 95.4 Å². The molecule has 0 N–H and O–H groups in total. The summed E-state index contributed by atoms with van der Waals surface area (Å²) in [5, 5.41) is 0. The second-order valence-electron chi connectivity index (χ2n) is 4.64. The molecule has 5 heteroatoms. The Morgan fingerprint density at radius 2 is 2.27 bits per heavy atom. The normalized spacial score (nSPS) is 22.4. The van der Waals surface area contributed by atoms with Crippen LogP contribution in [0.3, 0.4) is 0 Å². The predicted octanol–water partition coefficient (Wildman–Crippen LogP) is 1.97. The van der Waals surface area contributed by atoms with Gasteiger partial charge >= 0.3 is 5.97 Å². The number of rotatable bonds is 2. The lowest BCUT2D eigenvalue weighted by atomic mass is 10.1. The maximum atomic E-state index is 11.8. The lowest BCUT2D eigenvalue weighted by Gasteiger charge is -2.25. The Kier molecular flexibility index (Phi) is 3.97. The molecule has 0 aliphatic carbocycles. The zero-order valence-electron chi connectivity index (χ0n) is 9.36. The maximum Gasteiger partial charge on any atom is 0.329 e. The minimum atomic E-state index is -0.441. The van der Waals surface area contributed by atoms with E-state index in [1.807, 2.05) is 25.7 Å². The predicted molar refractivity (Wildman–Crippen MR) is 59.9 cm³/mol. The van der Waals surface area contributed by atoms with Crippen LogP contribution in [0.5, 0.6) is 0 Å². The summed E-state index contributed by atoms with van der Waals surface area (Å²) in [5.41, 5.74) is -0.441. The third-order valence-electron chi connectivity index (χ3n) is 2.17. The molecule has 0 aromatic rings. The molecule has 0 spiro atoms. The summed E-state index contributed by atoms with van der Waals surface area (Å²) in [7, 11) is 0. The van der Waals surface area contributed by atoms with Gasteiger partial charge in [-0.15, -0.1) is 0 Å². The first-order valence-electron chi connectivity index (χ1n) is 5.07. The molecular weight excluding hydrogens is 216 g/mol. The Morgan fingerprint density at radius 3 is 2.80 bits per heavy atom. The Hall–Kier alpha value is -0.770. The van der Waals surface area contributed by atoms with E-state index in [4.69, 9.17) is 16.5 Å². The summed E-state index contributed by atoms with van der Waals surface area (Å²) < 4.78 is 8.73. The van der Waals surface area contributed by atoms with Gasteiger partial charge in [0, 0.05) is 18.3 Å². The van der Waals surface area contributed by atoms with Crippen LogP contribution in [0.15, 0.2) is 4.51 Å². The fourth-order valence-electron chi connectivity index (χ4n) is 1.61. The van der Waals surface area contributed by atoms with E-state index in [1.165, 1.54) is 6.34 Å². The lowest BCUT2D eigenvalue weighted by Crippen LogP contribution is -2.39. The molecule has 86 valence electrons. The number of ether oxygens (including phenoxy) is 1. The first-order chi connectivity index (χ1) is 6.94. The highest BCUT2D eigenvalue weighted by Crippen LogP contribution is 2.19. The molecular formula is C10H17ClN2O2. The molecule has 1 aliphatic rings. The molecule has 0 radical (unpaired) electrons. The largest absolute Gasteiger partial charge is 0.458 e. The maximum absolute atomic E-state index is 11.8. The highest BCUT2D eigenvalue weighted by atomic mass is 35.5. The third kappa shape index (κ3) is 3.70. The Morgan fingerprint density at radius 1 is 1.60 bits per heavy atom. The van der Waals surface area contributed by atoms with E-state index in [0.29, 0.717) is 0 Å². The van der Waals surface area contributed by atoms with E-state index in [9.17, 15) is 4.79 Å². The fraction of sp³-hybridized carbons (Fsp3) is 0.800. The second-order valence-corrected chi connectivity index (χ2v) is 4.84. The molecule has 0 saturated carbocycles. The molecule has 1 atom stereocenters. The average molecular weight is 233 g/mol. The van der Waals surface area contributed by atoms with E-state index in [-0.39, 0.29) is 12.0 Å². The standard InChI is InChI=1S/C10H17ClN2O2/c1-10(2,3)15-9(14)8-5-4-6-13(8)7-12-11/h7-8H,4-6H2,1-3H3. The number of hydrogen-bond donors (Lipinski definition) is 0. The van der Waals surface area contributed by atoms with E-state index in [0.717, 1.165) is 19.4 Å². The molecule has 1 heterocycles. The van der Waals surface area contributed by atoms with Crippen molar-refractivity contribution in [1.82, 2.24) is 4.90 Å². The highest BCUT2D eigenvalue weighted by Gasteiger charge is 2.32. The van der Waals surface area contributed by atoms with Crippen molar-refractivity contribution >= 4 is 24.1 Å². The molecule has 1 unspecified atom stereocenters. The van der Waals surface area contributed by atoms with Crippen molar-refractivity contribution in [2.24, 2.45) is 4.51 Å². The second kappa shape index (κ2) is 4.84. The van der Waals surface area contributed by atoms with Crippen LogP contribution in [0.2, 0.25) is 0 Å². The topological polar surface area (TPSA) is 41.9 Å². The molecule has 4 nitrogen and oxygen atoms in total. The molecule has 1 fully saturated rings. The van der Waals surface area contributed by atoms with Gasteiger partial charge in [-0.2, -0.15) is 4.51 Å². The molecule has 1 rings (SSSR count). The van der Waals surface area contributed by atoms with Crippen molar-refractivity contribution in [1.29, 1.82) is 0 Å². The van der Waals surface area contributed by atoms with Crippen molar-refractivity contribution in [3.05, 3.63) is 0 Å². The number of carbonyl (C=O) groups is 1. The molecule has 15 heavy (non-hydrogen) atoms. The summed E-state index contributed by atoms with van der Waals surface area (Å²) >= 11 is 5.26. The van der Waals surface area contributed by atoms with Gasteiger partial charge in [-0.3, -0.25) is 0 Å². The SMILES string of the molecule is CC(C)(C)OC(=O)C1CCCN1C=NCl. The minimum absolute atomic E-state index is 0.198. The molecule has 1 aliphatic heterocycles. The first kappa shape index (κ1) is 12.3. The van der Waals surface area contributed by atoms with Gasteiger partial charge < -0.3 is 9.64 Å². The van der Waals surface area contributed by atoms with Gasteiger partial charge in [-0.25, -0.2) is 4.79 Å². The van der Waals surface area contributed by atoms with Gasteiger partial charge in [0.25, 0.3) is 0 Å². The first-order valence-corrected chi connectivity index (χ1v) is 5.41. The van der Waals surface area contributed by atoms with Gasteiger partial charge in [0.15, 0.2) is 0 Å². The van der Waals surface area contributed by atoms with Crippen LogP contribution in [-0.2, 0) is 9.53 Å². The lowest BCUT2D eigenvalue weighted by molar-refractivity contribution is -0.158. The molecule has 1 saturated heterocycles. The highest BCUT2D eigenvalue weighted by molar-refractivity contribution is 6.17. The number of likely N-dealkylation sites (tertiary alicyclic amines) is 1. The van der Waals surface area contributed by atoms with E-state index >= 15 is 0 Å². The summed E-state index contributed by atoms with van der Waals surface area (Å²) in [4.78, 5) is 13.6. The molecule has 0 aromatic heterocycles. The van der Waals surface area contributed by atoms with Crippen molar-refractivity contribution in [3.8, 4) is 0 Å². The van der Waals surface area contributed by atoms with Gasteiger partial charge in [0.1, 0.15) is 18.0 Å².